The molecule has 0 radical (unpaired) electrons. The molecule has 1 heterocycles. The molecule has 5 heteroatoms. The number of carbonyl (C=O) groups excluding carboxylic acids is 1. The van der Waals surface area contributed by atoms with Crippen LogP contribution in [-0.4, -0.2) is 10.9 Å². The van der Waals surface area contributed by atoms with E-state index in [-0.39, 0.29) is 5.91 Å². The molecule has 3 N–H and O–H groups in total. The summed E-state index contributed by atoms with van der Waals surface area (Å²) >= 11 is 5.95. The van der Waals surface area contributed by atoms with Gasteiger partial charge in [0.05, 0.1) is 10.6 Å². The fraction of sp³-hybridized carbons (Fsp3) is 0.143. The van der Waals surface area contributed by atoms with Crippen molar-refractivity contribution in [3.8, 4) is 0 Å². The number of pyridine rings is 1. The zero-order valence-electron chi connectivity index (χ0n) is 10.7. The number of nitrogens with two attached hydrogens (primary N) is 1. The van der Waals surface area contributed by atoms with Crippen LogP contribution in [0, 0.1) is 13.8 Å². The minimum atomic E-state index is -0.261. The van der Waals surface area contributed by atoms with E-state index in [4.69, 9.17) is 17.3 Å². The van der Waals surface area contributed by atoms with Gasteiger partial charge < -0.3 is 11.1 Å². The number of benzene rings is 1. The van der Waals surface area contributed by atoms with Crippen molar-refractivity contribution >= 4 is 28.9 Å². The van der Waals surface area contributed by atoms with Gasteiger partial charge in [-0.25, -0.2) is 0 Å². The molecule has 0 atom stereocenters. The summed E-state index contributed by atoms with van der Waals surface area (Å²) in [5.41, 5.74) is 9.41. The van der Waals surface area contributed by atoms with Gasteiger partial charge in [0, 0.05) is 23.8 Å². The van der Waals surface area contributed by atoms with E-state index in [1.54, 1.807) is 6.07 Å². The van der Waals surface area contributed by atoms with E-state index in [1.807, 2.05) is 26.0 Å². The molecule has 0 aliphatic rings. The minimum Gasteiger partial charge on any atom is -0.399 e. The number of hydrogen-bond donors (Lipinski definition) is 2. The smallest absolute Gasteiger partial charge is 0.257 e. The average molecular weight is 276 g/mol. The van der Waals surface area contributed by atoms with Crippen LogP contribution in [0.1, 0.15) is 21.5 Å². The number of nitrogens with zero attached hydrogens (tertiary/aromatic N) is 1. The molecule has 2 rings (SSSR count). The second-order valence-corrected chi connectivity index (χ2v) is 4.75. The van der Waals surface area contributed by atoms with Crippen LogP contribution in [0.4, 0.5) is 11.4 Å². The van der Waals surface area contributed by atoms with Gasteiger partial charge in [-0.15, -0.1) is 0 Å². The largest absolute Gasteiger partial charge is 0.399 e. The van der Waals surface area contributed by atoms with Crippen LogP contribution < -0.4 is 11.1 Å². The SMILES string of the molecule is Cc1cc(N)cc(C)c1NC(=O)c1ccncc1Cl. The standard InChI is InChI=1S/C14H14ClN3O/c1-8-5-10(16)6-9(2)13(8)18-14(19)11-3-4-17-7-12(11)15/h3-7H,16H2,1-2H3,(H,18,19). The third-order valence-electron chi connectivity index (χ3n) is 2.81. The van der Waals surface area contributed by atoms with E-state index >= 15 is 0 Å². The maximum absolute atomic E-state index is 12.2. The molecule has 0 saturated heterocycles. The molecule has 0 aliphatic heterocycles. The molecule has 0 aliphatic carbocycles. The summed E-state index contributed by atoms with van der Waals surface area (Å²) in [6, 6.07) is 5.22. The number of hydrogen-bond acceptors (Lipinski definition) is 3. The number of aryl methyl sites for hydroxylation is 2. The first-order chi connectivity index (χ1) is 8.99. The van der Waals surface area contributed by atoms with Crippen molar-refractivity contribution in [1.82, 2.24) is 4.98 Å². The molecule has 0 fully saturated rings. The van der Waals surface area contributed by atoms with E-state index in [1.165, 1.54) is 12.4 Å². The molecule has 4 nitrogen and oxygen atoms in total. The zero-order chi connectivity index (χ0) is 14.0. The highest BCUT2D eigenvalue weighted by molar-refractivity contribution is 6.34. The normalized spacial score (nSPS) is 10.3. The summed E-state index contributed by atoms with van der Waals surface area (Å²) in [5.74, 6) is -0.261. The maximum Gasteiger partial charge on any atom is 0.257 e. The van der Waals surface area contributed by atoms with E-state index in [0.717, 1.165) is 16.8 Å². The number of nitrogen functional groups attached to an aromatic ring is 1. The summed E-state index contributed by atoms with van der Waals surface area (Å²) in [4.78, 5) is 16.0. The van der Waals surface area contributed by atoms with E-state index < -0.39 is 0 Å². The topological polar surface area (TPSA) is 68.0 Å². The molecule has 0 unspecified atom stereocenters. The van der Waals surface area contributed by atoms with Gasteiger partial charge in [0.15, 0.2) is 0 Å². The number of anilines is 2. The Balaban J connectivity index is 2.32. The predicted octanol–water partition coefficient (Wildman–Crippen LogP) is 3.19. The Morgan fingerprint density at radius 3 is 2.53 bits per heavy atom. The van der Waals surface area contributed by atoms with Crippen molar-refractivity contribution in [2.75, 3.05) is 11.1 Å². The first-order valence-electron chi connectivity index (χ1n) is 5.76. The number of amides is 1. The van der Waals surface area contributed by atoms with Gasteiger partial charge in [0.1, 0.15) is 0 Å². The van der Waals surface area contributed by atoms with Gasteiger partial charge in [-0.2, -0.15) is 0 Å². The summed E-state index contributed by atoms with van der Waals surface area (Å²) in [6.07, 6.45) is 2.97. The quantitative estimate of drug-likeness (QED) is 0.827. The van der Waals surface area contributed by atoms with Crippen LogP contribution in [0.2, 0.25) is 5.02 Å². The molecular weight excluding hydrogens is 262 g/mol. The summed E-state index contributed by atoms with van der Waals surface area (Å²) < 4.78 is 0. The van der Waals surface area contributed by atoms with Gasteiger partial charge in [-0.05, 0) is 43.2 Å². The molecule has 0 spiro atoms. The lowest BCUT2D eigenvalue weighted by atomic mass is 10.1. The maximum atomic E-state index is 12.2. The lowest BCUT2D eigenvalue weighted by Crippen LogP contribution is -2.14. The molecular formula is C14H14ClN3O. The Hall–Kier alpha value is -2.07. The van der Waals surface area contributed by atoms with Crippen molar-refractivity contribution in [3.05, 3.63) is 52.3 Å². The summed E-state index contributed by atoms with van der Waals surface area (Å²) in [7, 11) is 0. The van der Waals surface area contributed by atoms with Crippen LogP contribution in [-0.2, 0) is 0 Å². The lowest BCUT2D eigenvalue weighted by Gasteiger charge is -2.13. The van der Waals surface area contributed by atoms with Gasteiger partial charge in [0.2, 0.25) is 0 Å². The van der Waals surface area contributed by atoms with Crippen molar-refractivity contribution < 1.29 is 4.79 Å². The Morgan fingerprint density at radius 2 is 1.95 bits per heavy atom. The van der Waals surface area contributed by atoms with Crippen LogP contribution >= 0.6 is 11.6 Å². The van der Waals surface area contributed by atoms with Crippen molar-refractivity contribution in [2.24, 2.45) is 0 Å². The summed E-state index contributed by atoms with van der Waals surface area (Å²) in [5, 5.41) is 3.18. The molecule has 0 bridgehead atoms. The molecule has 1 amide bonds. The van der Waals surface area contributed by atoms with Gasteiger partial charge in [0.25, 0.3) is 5.91 Å². The molecule has 0 saturated carbocycles. The molecule has 19 heavy (non-hydrogen) atoms. The fourth-order valence-corrected chi connectivity index (χ4v) is 2.14. The predicted molar refractivity (Wildman–Crippen MR) is 77.5 cm³/mol. The zero-order valence-corrected chi connectivity index (χ0v) is 11.5. The molecule has 1 aromatic carbocycles. The fourth-order valence-electron chi connectivity index (χ4n) is 1.93. The molecule has 1 aromatic heterocycles. The average Bonchev–Trinajstić information content (AvgIpc) is 2.34. The lowest BCUT2D eigenvalue weighted by molar-refractivity contribution is 0.102. The Labute approximate surface area is 116 Å². The molecule has 98 valence electrons. The second kappa shape index (κ2) is 5.28. The second-order valence-electron chi connectivity index (χ2n) is 4.34. The Kier molecular flexibility index (Phi) is 3.71. The highest BCUT2D eigenvalue weighted by atomic mass is 35.5. The van der Waals surface area contributed by atoms with Crippen LogP contribution in [0.15, 0.2) is 30.6 Å². The number of aromatic nitrogens is 1. The van der Waals surface area contributed by atoms with Crippen LogP contribution in [0.3, 0.4) is 0 Å². The highest BCUT2D eigenvalue weighted by Gasteiger charge is 2.13. The van der Waals surface area contributed by atoms with Gasteiger partial charge in [-0.1, -0.05) is 11.6 Å². The van der Waals surface area contributed by atoms with Crippen LogP contribution in [0.5, 0.6) is 0 Å². The number of nitrogens with one attached hydrogen (secondary N) is 1. The third-order valence-corrected chi connectivity index (χ3v) is 3.11. The monoisotopic (exact) mass is 275 g/mol. The minimum absolute atomic E-state index is 0.261. The van der Waals surface area contributed by atoms with Gasteiger partial charge >= 0.3 is 0 Å². The van der Waals surface area contributed by atoms with Crippen molar-refractivity contribution in [1.29, 1.82) is 0 Å². The molecule has 2 aromatic rings. The number of halogens is 1. The number of rotatable bonds is 2. The van der Waals surface area contributed by atoms with E-state index in [2.05, 4.69) is 10.3 Å². The van der Waals surface area contributed by atoms with Gasteiger partial charge in [-0.3, -0.25) is 9.78 Å². The highest BCUT2D eigenvalue weighted by Crippen LogP contribution is 2.24. The van der Waals surface area contributed by atoms with Crippen LogP contribution in [0.25, 0.3) is 0 Å². The first kappa shape index (κ1) is 13.4. The van der Waals surface area contributed by atoms with E-state index in [0.29, 0.717) is 16.3 Å². The third kappa shape index (κ3) is 2.85. The number of carbonyl (C=O) groups is 1. The Bertz CT molecular complexity index is 617. The Morgan fingerprint density at radius 1 is 1.32 bits per heavy atom. The van der Waals surface area contributed by atoms with Crippen molar-refractivity contribution in [2.45, 2.75) is 13.8 Å². The van der Waals surface area contributed by atoms with Crippen molar-refractivity contribution in [3.63, 3.8) is 0 Å². The first-order valence-corrected chi connectivity index (χ1v) is 6.14. The van der Waals surface area contributed by atoms with E-state index in [9.17, 15) is 4.79 Å². The summed E-state index contributed by atoms with van der Waals surface area (Å²) in [6.45, 7) is 3.79.